The van der Waals surface area contributed by atoms with Crippen molar-refractivity contribution in [2.75, 3.05) is 13.2 Å². The summed E-state index contributed by atoms with van der Waals surface area (Å²) in [5.74, 6) is 0.384. The van der Waals surface area contributed by atoms with Crippen LogP contribution in [0.3, 0.4) is 0 Å². The van der Waals surface area contributed by atoms with E-state index in [1.165, 1.54) is 0 Å². The molecule has 130 valence electrons. The molecule has 0 radical (unpaired) electrons. The van der Waals surface area contributed by atoms with Crippen LogP contribution in [0.4, 0.5) is 0 Å². The van der Waals surface area contributed by atoms with Crippen LogP contribution in [0.5, 0.6) is 0 Å². The summed E-state index contributed by atoms with van der Waals surface area (Å²) in [6, 6.07) is 11.8. The van der Waals surface area contributed by atoms with Gasteiger partial charge in [0, 0.05) is 49.9 Å². The Morgan fingerprint density at radius 2 is 2.24 bits per heavy atom. The van der Waals surface area contributed by atoms with Gasteiger partial charge in [-0.1, -0.05) is 18.2 Å². The van der Waals surface area contributed by atoms with Crippen LogP contribution in [0.15, 0.2) is 47.4 Å². The van der Waals surface area contributed by atoms with Gasteiger partial charge in [-0.05, 0) is 30.0 Å². The lowest BCUT2D eigenvalue weighted by atomic mass is 9.99. The predicted molar refractivity (Wildman–Crippen MR) is 96.3 cm³/mol. The number of aryl methyl sites for hydroxylation is 1. The van der Waals surface area contributed by atoms with Crippen LogP contribution in [-0.4, -0.2) is 27.9 Å². The molecule has 6 nitrogen and oxygen atoms in total. The number of benzene rings is 1. The van der Waals surface area contributed by atoms with Crippen LogP contribution < -0.4 is 10.9 Å². The van der Waals surface area contributed by atoms with Gasteiger partial charge in [0.1, 0.15) is 6.10 Å². The normalized spacial score (nSPS) is 20.4. The quantitative estimate of drug-likeness (QED) is 0.747. The molecule has 1 aliphatic rings. The number of pyridine rings is 1. The van der Waals surface area contributed by atoms with Crippen LogP contribution in [0.1, 0.15) is 23.8 Å². The highest BCUT2D eigenvalue weighted by Crippen LogP contribution is 2.33. The zero-order valence-electron chi connectivity index (χ0n) is 14.2. The number of nitrogens with one attached hydrogen (secondary N) is 2. The fraction of sp³-hybridized carbons (Fsp3) is 0.368. The molecular weight excluding hydrogens is 316 g/mol. The maximum atomic E-state index is 12.2. The van der Waals surface area contributed by atoms with E-state index in [4.69, 9.17) is 4.74 Å². The first-order valence-electron chi connectivity index (χ1n) is 8.63. The van der Waals surface area contributed by atoms with Crippen molar-refractivity contribution in [2.24, 2.45) is 13.0 Å². The van der Waals surface area contributed by atoms with Crippen LogP contribution in [0, 0.1) is 5.92 Å². The Balaban J connectivity index is 1.43. The summed E-state index contributed by atoms with van der Waals surface area (Å²) in [6.45, 7) is 2.12. The zero-order valence-corrected chi connectivity index (χ0v) is 14.2. The molecule has 0 amide bonds. The lowest BCUT2D eigenvalue weighted by molar-refractivity contribution is 0.0838. The molecule has 3 heterocycles. The number of aromatic amines is 1. The van der Waals surface area contributed by atoms with Crippen molar-refractivity contribution < 1.29 is 4.74 Å². The molecule has 6 heteroatoms. The standard InChI is InChI=1S/C19H22N4O2/c1-23-17(6-8-21-23)18-14(7-9-25-18)11-20-12-15-10-13-4-2-3-5-16(13)22-19(15)24/h2-6,8,10,14,18,20H,7,9,11-12H2,1H3,(H,22,24)/t14-,18+/m0/s1. The van der Waals surface area contributed by atoms with Gasteiger partial charge >= 0.3 is 0 Å². The van der Waals surface area contributed by atoms with Crippen molar-refractivity contribution in [3.63, 3.8) is 0 Å². The summed E-state index contributed by atoms with van der Waals surface area (Å²) in [5.41, 5.74) is 2.70. The average Bonchev–Trinajstić information content (AvgIpc) is 3.23. The summed E-state index contributed by atoms with van der Waals surface area (Å²) in [4.78, 5) is 15.2. The van der Waals surface area contributed by atoms with Crippen LogP contribution >= 0.6 is 0 Å². The molecule has 0 spiro atoms. The molecule has 1 aromatic carbocycles. The number of hydrogen-bond donors (Lipinski definition) is 2. The van der Waals surface area contributed by atoms with E-state index in [9.17, 15) is 4.79 Å². The molecule has 1 saturated heterocycles. The van der Waals surface area contributed by atoms with E-state index in [-0.39, 0.29) is 11.7 Å². The number of ether oxygens (including phenoxy) is 1. The number of nitrogens with zero attached hydrogens (tertiary/aromatic N) is 2. The molecule has 2 aromatic heterocycles. The van der Waals surface area contributed by atoms with Gasteiger partial charge in [-0.15, -0.1) is 0 Å². The molecule has 1 fully saturated rings. The minimum atomic E-state index is -0.0305. The van der Waals surface area contributed by atoms with Gasteiger partial charge in [-0.25, -0.2) is 0 Å². The second kappa shape index (κ2) is 6.82. The van der Waals surface area contributed by atoms with Gasteiger partial charge in [0.15, 0.2) is 0 Å². The summed E-state index contributed by atoms with van der Waals surface area (Å²) in [5, 5.41) is 8.72. The van der Waals surface area contributed by atoms with Crippen LogP contribution in [0.2, 0.25) is 0 Å². The highest BCUT2D eigenvalue weighted by molar-refractivity contribution is 5.78. The molecule has 2 N–H and O–H groups in total. The molecule has 0 saturated carbocycles. The highest BCUT2D eigenvalue weighted by Gasteiger charge is 2.31. The van der Waals surface area contributed by atoms with E-state index in [2.05, 4.69) is 15.4 Å². The number of rotatable bonds is 5. The van der Waals surface area contributed by atoms with Gasteiger partial charge in [0.25, 0.3) is 5.56 Å². The molecule has 3 aromatic rings. The summed E-state index contributed by atoms with van der Waals surface area (Å²) in [6.07, 6.45) is 2.88. The maximum absolute atomic E-state index is 12.2. The number of aromatic nitrogens is 3. The van der Waals surface area contributed by atoms with Gasteiger partial charge in [0.05, 0.1) is 5.69 Å². The Bertz CT molecular complexity index is 930. The Hall–Kier alpha value is -2.44. The molecular formula is C19H22N4O2. The Kier molecular flexibility index (Phi) is 4.38. The first kappa shape index (κ1) is 16.1. The summed E-state index contributed by atoms with van der Waals surface area (Å²) >= 11 is 0. The van der Waals surface area contributed by atoms with E-state index >= 15 is 0 Å². The third kappa shape index (κ3) is 3.23. The van der Waals surface area contributed by atoms with E-state index in [0.717, 1.165) is 41.7 Å². The van der Waals surface area contributed by atoms with Crippen molar-refractivity contribution >= 4 is 10.9 Å². The van der Waals surface area contributed by atoms with Crippen molar-refractivity contribution in [1.29, 1.82) is 0 Å². The van der Waals surface area contributed by atoms with Gasteiger partial charge in [0.2, 0.25) is 0 Å². The molecule has 0 bridgehead atoms. The van der Waals surface area contributed by atoms with E-state index < -0.39 is 0 Å². The zero-order chi connectivity index (χ0) is 17.2. The smallest absolute Gasteiger partial charge is 0.252 e. The lowest BCUT2D eigenvalue weighted by Crippen LogP contribution is -2.28. The van der Waals surface area contributed by atoms with Crippen molar-refractivity contribution in [3.8, 4) is 0 Å². The highest BCUT2D eigenvalue weighted by atomic mass is 16.5. The second-order valence-corrected chi connectivity index (χ2v) is 6.56. The monoisotopic (exact) mass is 338 g/mol. The first-order valence-corrected chi connectivity index (χ1v) is 8.63. The fourth-order valence-corrected chi connectivity index (χ4v) is 3.55. The Morgan fingerprint density at radius 1 is 1.36 bits per heavy atom. The summed E-state index contributed by atoms with van der Waals surface area (Å²) < 4.78 is 7.78. The van der Waals surface area contributed by atoms with Crippen molar-refractivity contribution in [2.45, 2.75) is 19.1 Å². The molecule has 4 rings (SSSR count). The minimum absolute atomic E-state index is 0.0305. The third-order valence-corrected chi connectivity index (χ3v) is 4.92. The lowest BCUT2D eigenvalue weighted by Gasteiger charge is -2.19. The molecule has 25 heavy (non-hydrogen) atoms. The average molecular weight is 338 g/mol. The molecule has 1 aliphatic heterocycles. The molecule has 2 atom stereocenters. The largest absolute Gasteiger partial charge is 0.372 e. The Labute approximate surface area is 145 Å². The van der Waals surface area contributed by atoms with Crippen molar-refractivity contribution in [1.82, 2.24) is 20.1 Å². The minimum Gasteiger partial charge on any atom is -0.372 e. The number of H-pyrrole nitrogens is 1. The maximum Gasteiger partial charge on any atom is 0.252 e. The number of para-hydroxylation sites is 1. The second-order valence-electron chi connectivity index (χ2n) is 6.56. The first-order chi connectivity index (χ1) is 12.2. The Morgan fingerprint density at radius 3 is 3.08 bits per heavy atom. The van der Waals surface area contributed by atoms with Gasteiger partial charge in [-0.3, -0.25) is 9.48 Å². The van der Waals surface area contributed by atoms with Crippen LogP contribution in [0.25, 0.3) is 10.9 Å². The van der Waals surface area contributed by atoms with Gasteiger partial charge in [-0.2, -0.15) is 5.10 Å². The van der Waals surface area contributed by atoms with Crippen LogP contribution in [-0.2, 0) is 18.3 Å². The van der Waals surface area contributed by atoms with E-state index in [1.807, 2.05) is 48.1 Å². The fourth-order valence-electron chi connectivity index (χ4n) is 3.55. The van der Waals surface area contributed by atoms with E-state index in [0.29, 0.717) is 12.5 Å². The predicted octanol–water partition coefficient (Wildman–Crippen LogP) is 2.13. The summed E-state index contributed by atoms with van der Waals surface area (Å²) in [7, 11) is 1.94. The van der Waals surface area contributed by atoms with E-state index in [1.54, 1.807) is 6.20 Å². The SMILES string of the molecule is Cn1nccc1[C@@H]1OCC[C@H]1CNCc1cc2ccccc2[nH]c1=O. The van der Waals surface area contributed by atoms with Crippen molar-refractivity contribution in [3.05, 3.63) is 64.2 Å². The molecule has 0 aliphatic carbocycles. The number of fused-ring (bicyclic) bond motifs is 1. The topological polar surface area (TPSA) is 71.9 Å². The third-order valence-electron chi connectivity index (χ3n) is 4.92. The number of hydrogen-bond acceptors (Lipinski definition) is 4. The molecule has 0 unspecified atom stereocenters. The van der Waals surface area contributed by atoms with Gasteiger partial charge < -0.3 is 15.0 Å².